The fourth-order valence-electron chi connectivity index (χ4n) is 5.07. The van der Waals surface area contributed by atoms with Gasteiger partial charge in [0.2, 0.25) is 0 Å². The van der Waals surface area contributed by atoms with Crippen LogP contribution in [-0.4, -0.2) is 22.8 Å². The van der Waals surface area contributed by atoms with Crippen molar-refractivity contribution in [3.05, 3.63) is 46.6 Å². The maximum absolute atomic E-state index is 13.8. The second-order valence-corrected chi connectivity index (χ2v) is 18.1. The lowest BCUT2D eigenvalue weighted by Crippen LogP contribution is -2.52. The first-order chi connectivity index (χ1) is 17.4. The molecule has 2 rings (SSSR count). The van der Waals surface area contributed by atoms with Gasteiger partial charge in [-0.2, -0.15) is 0 Å². The summed E-state index contributed by atoms with van der Waals surface area (Å²) in [6.07, 6.45) is 7.94. The Bertz CT molecular complexity index is 996. The van der Waals surface area contributed by atoms with E-state index in [-0.39, 0.29) is 33.2 Å². The van der Waals surface area contributed by atoms with Gasteiger partial charge in [-0.05, 0) is 46.0 Å². The van der Waals surface area contributed by atoms with Gasteiger partial charge in [-0.3, -0.25) is 9.59 Å². The van der Waals surface area contributed by atoms with Crippen molar-refractivity contribution in [1.82, 2.24) is 0 Å². The average Bonchev–Trinajstić information content (AvgIpc) is 2.68. The molecule has 0 aromatic rings. The molecule has 0 fully saturated rings. The lowest BCUT2D eigenvalue weighted by molar-refractivity contribution is -0.403. The fraction of sp³-hybridized carbons (Fsp3) is 0.722. The molecule has 0 aromatic carbocycles. The van der Waals surface area contributed by atoms with Crippen molar-refractivity contribution in [2.24, 2.45) is 32.5 Å². The molecule has 0 spiro atoms. The normalized spacial score (nSPS) is 21.1. The van der Waals surface area contributed by atoms with Gasteiger partial charge >= 0.3 is 0 Å². The highest BCUT2D eigenvalue weighted by atomic mass is 17.2. The van der Waals surface area contributed by atoms with Crippen molar-refractivity contribution in [3.63, 3.8) is 0 Å². The molecule has 0 heterocycles. The van der Waals surface area contributed by atoms with Crippen LogP contribution >= 0.6 is 0 Å². The minimum absolute atomic E-state index is 0.0575. The van der Waals surface area contributed by atoms with Crippen molar-refractivity contribution in [2.75, 3.05) is 0 Å². The van der Waals surface area contributed by atoms with Crippen molar-refractivity contribution >= 4 is 11.6 Å². The van der Waals surface area contributed by atoms with Crippen LogP contribution in [0.25, 0.3) is 0 Å². The molecule has 40 heavy (non-hydrogen) atoms. The van der Waals surface area contributed by atoms with Crippen molar-refractivity contribution in [2.45, 2.75) is 136 Å². The molecule has 0 aromatic heterocycles. The van der Waals surface area contributed by atoms with E-state index in [4.69, 9.17) is 9.78 Å². The van der Waals surface area contributed by atoms with Crippen molar-refractivity contribution in [1.29, 1.82) is 0 Å². The third-order valence-corrected chi connectivity index (χ3v) is 8.31. The van der Waals surface area contributed by atoms with Crippen LogP contribution in [0.3, 0.4) is 0 Å². The molecule has 2 aliphatic rings. The van der Waals surface area contributed by atoms with Crippen LogP contribution in [0.4, 0.5) is 0 Å². The summed E-state index contributed by atoms with van der Waals surface area (Å²) in [5.41, 5.74) is -1.66. The number of ketones is 2. The molecule has 4 nitrogen and oxygen atoms in total. The van der Waals surface area contributed by atoms with E-state index in [2.05, 4.69) is 125 Å². The molecule has 0 atom stereocenters. The van der Waals surface area contributed by atoms with Crippen LogP contribution in [0.15, 0.2) is 46.6 Å². The van der Waals surface area contributed by atoms with Gasteiger partial charge in [0.05, 0.1) is 0 Å². The fourth-order valence-corrected chi connectivity index (χ4v) is 5.07. The van der Waals surface area contributed by atoms with Crippen LogP contribution in [0.5, 0.6) is 0 Å². The monoisotopic (exact) mass is 554 g/mol. The lowest BCUT2D eigenvalue weighted by Gasteiger charge is -2.49. The highest BCUT2D eigenvalue weighted by Gasteiger charge is 2.53. The summed E-state index contributed by atoms with van der Waals surface area (Å²) >= 11 is 0. The largest absolute Gasteiger partial charge is 0.289 e. The Balaban J connectivity index is 2.94. The van der Waals surface area contributed by atoms with Gasteiger partial charge in [-0.1, -0.05) is 125 Å². The SMILES string of the molecule is CC(C)(C)C1=CC(OOC2(C(C)(C)C)C=C(C(C)(C)C)C(=O)C(C(C)(C)C)=C2)(C(C)(C)C)C=C(C(C)(C)C)C1=O. The third-order valence-electron chi connectivity index (χ3n) is 8.31. The molecule has 226 valence electrons. The van der Waals surface area contributed by atoms with E-state index in [1.54, 1.807) is 0 Å². The summed E-state index contributed by atoms with van der Waals surface area (Å²) in [4.78, 5) is 41.1. The first kappa shape index (κ1) is 34.4. The molecular formula is C36H58O4. The third kappa shape index (κ3) is 6.49. The molecular weight excluding hydrogens is 496 g/mol. The second kappa shape index (κ2) is 9.90. The minimum Gasteiger partial charge on any atom is -0.289 e. The number of rotatable bonds is 3. The highest BCUT2D eigenvalue weighted by Crippen LogP contribution is 2.51. The average molecular weight is 555 g/mol. The van der Waals surface area contributed by atoms with E-state index in [1.807, 2.05) is 24.3 Å². The van der Waals surface area contributed by atoms with Crippen LogP contribution < -0.4 is 0 Å². The molecule has 0 radical (unpaired) electrons. The topological polar surface area (TPSA) is 52.6 Å². The van der Waals surface area contributed by atoms with E-state index in [9.17, 15) is 9.59 Å². The summed E-state index contributed by atoms with van der Waals surface area (Å²) < 4.78 is 0. The van der Waals surface area contributed by atoms with Gasteiger partial charge in [-0.25, -0.2) is 9.78 Å². The number of hydrogen-bond acceptors (Lipinski definition) is 4. The summed E-state index contributed by atoms with van der Waals surface area (Å²) in [6.45, 7) is 37.5. The summed E-state index contributed by atoms with van der Waals surface area (Å²) in [5.74, 6) is 0.115. The number of carbonyl (C=O) groups excluding carboxylic acids is 2. The molecule has 0 amide bonds. The highest BCUT2D eigenvalue weighted by molar-refractivity contribution is 6.11. The van der Waals surface area contributed by atoms with Crippen molar-refractivity contribution in [3.8, 4) is 0 Å². The predicted octanol–water partition coefficient (Wildman–Crippen LogP) is 9.56. The van der Waals surface area contributed by atoms with Crippen molar-refractivity contribution < 1.29 is 19.4 Å². The Kier molecular flexibility index (Phi) is 8.52. The van der Waals surface area contributed by atoms with Gasteiger partial charge in [0, 0.05) is 33.1 Å². The molecule has 0 saturated carbocycles. The van der Waals surface area contributed by atoms with Crippen LogP contribution in [0.2, 0.25) is 0 Å². The summed E-state index contributed by atoms with van der Waals surface area (Å²) in [6, 6.07) is 0. The smallest absolute Gasteiger partial charge is 0.185 e. The molecule has 0 aliphatic heterocycles. The van der Waals surface area contributed by atoms with E-state index < -0.39 is 22.0 Å². The number of carbonyl (C=O) groups is 2. The standard InChI is InChI=1S/C36H58O4/c1-29(2,3)23-19-35(33(13,14)15,20-24(27(23)37)30(4,5)6)39-40-36(34(16,17)18)21-25(31(7,8)9)28(38)26(22-36)32(10,11)12/h19-22H,1-18H3. The summed E-state index contributed by atoms with van der Waals surface area (Å²) in [7, 11) is 0. The first-order valence-electron chi connectivity index (χ1n) is 14.8. The lowest BCUT2D eigenvalue weighted by atomic mass is 9.64. The Hall–Kier alpha value is -1.78. The molecule has 0 unspecified atom stereocenters. The summed E-state index contributed by atoms with van der Waals surface area (Å²) in [5, 5.41) is 0. The van der Waals surface area contributed by atoms with E-state index in [1.165, 1.54) is 0 Å². The van der Waals surface area contributed by atoms with Gasteiger partial charge in [0.1, 0.15) is 11.2 Å². The van der Waals surface area contributed by atoms with Crippen LogP contribution in [0, 0.1) is 32.5 Å². The van der Waals surface area contributed by atoms with Crippen LogP contribution in [0.1, 0.15) is 125 Å². The Labute approximate surface area is 245 Å². The maximum Gasteiger partial charge on any atom is 0.185 e. The number of hydrogen-bond donors (Lipinski definition) is 0. The van der Waals surface area contributed by atoms with Crippen LogP contribution in [-0.2, 0) is 19.4 Å². The quantitative estimate of drug-likeness (QED) is 0.257. The molecule has 0 N–H and O–H groups in total. The Morgan fingerprint density at radius 1 is 0.400 bits per heavy atom. The second-order valence-electron chi connectivity index (χ2n) is 18.1. The Morgan fingerprint density at radius 3 is 0.700 bits per heavy atom. The molecule has 4 heteroatoms. The van der Waals surface area contributed by atoms with Gasteiger partial charge in [-0.15, -0.1) is 0 Å². The maximum atomic E-state index is 13.8. The Morgan fingerprint density at radius 2 is 0.575 bits per heavy atom. The van der Waals surface area contributed by atoms with Gasteiger partial charge in [0.25, 0.3) is 0 Å². The number of Topliss-reactive ketones (excluding diaryl/α,β-unsaturated/α-hetero) is 2. The molecule has 0 bridgehead atoms. The molecule has 0 saturated heterocycles. The van der Waals surface area contributed by atoms with Gasteiger partial charge < -0.3 is 0 Å². The zero-order valence-corrected chi connectivity index (χ0v) is 28.9. The zero-order chi connectivity index (χ0) is 31.7. The van der Waals surface area contributed by atoms with E-state index >= 15 is 0 Å². The zero-order valence-electron chi connectivity index (χ0n) is 28.9. The first-order valence-corrected chi connectivity index (χ1v) is 14.8. The van der Waals surface area contributed by atoms with Gasteiger partial charge in [0.15, 0.2) is 11.6 Å². The van der Waals surface area contributed by atoms with E-state index in [0.717, 1.165) is 22.3 Å². The predicted molar refractivity (Wildman–Crippen MR) is 167 cm³/mol. The molecule has 2 aliphatic carbocycles. The number of allylic oxidation sites excluding steroid dienone is 4. The van der Waals surface area contributed by atoms with E-state index in [0.29, 0.717) is 0 Å². The minimum atomic E-state index is -1.03.